The van der Waals surface area contributed by atoms with E-state index in [2.05, 4.69) is 18.3 Å². The zero-order valence-corrected chi connectivity index (χ0v) is 14.5. The van der Waals surface area contributed by atoms with Gasteiger partial charge in [0.25, 0.3) is 5.70 Å². The van der Waals surface area contributed by atoms with E-state index in [-0.39, 0.29) is 11.7 Å². The molecule has 132 valence electrons. The smallest absolute Gasteiger partial charge is 0.318 e. The quantitative estimate of drug-likeness (QED) is 0.217. The van der Waals surface area contributed by atoms with Crippen molar-refractivity contribution in [3.8, 4) is 0 Å². The Bertz CT molecular complexity index is 715. The van der Waals surface area contributed by atoms with Crippen molar-refractivity contribution in [2.45, 2.75) is 33.1 Å². The van der Waals surface area contributed by atoms with Gasteiger partial charge in [-0.25, -0.2) is 4.79 Å². The first-order valence-electron chi connectivity index (χ1n) is 7.90. The van der Waals surface area contributed by atoms with Crippen LogP contribution in [0.4, 0.5) is 0 Å². The number of rotatable bonds is 9. The molecule has 25 heavy (non-hydrogen) atoms. The Kier molecular flexibility index (Phi) is 7.99. The molecule has 0 atom stereocenters. The van der Waals surface area contributed by atoms with Crippen LogP contribution in [0.3, 0.4) is 0 Å². The van der Waals surface area contributed by atoms with Gasteiger partial charge in [0.15, 0.2) is 0 Å². The van der Waals surface area contributed by atoms with Crippen LogP contribution in [0.2, 0.25) is 0 Å². The number of nitro groups is 1. The first kappa shape index (κ1) is 20.0. The molecule has 0 amide bonds. The Hall–Kier alpha value is -3.02. The molecule has 1 aromatic rings. The number of hydrogen-bond acceptors (Lipinski definition) is 5. The maximum absolute atomic E-state index is 11.5. The Morgan fingerprint density at radius 3 is 2.40 bits per heavy atom. The third-order valence-corrected chi connectivity index (χ3v) is 3.40. The van der Waals surface area contributed by atoms with E-state index in [0.29, 0.717) is 17.7 Å². The molecule has 0 saturated carbocycles. The van der Waals surface area contributed by atoms with Gasteiger partial charge in [-0.3, -0.25) is 10.1 Å². The zero-order chi connectivity index (χ0) is 18.8. The lowest BCUT2D eigenvalue weighted by Crippen LogP contribution is -2.03. The van der Waals surface area contributed by atoms with Crippen LogP contribution in [-0.4, -0.2) is 16.6 Å². The number of nitrogens with zero attached hydrogens (tertiary/aromatic N) is 2. The van der Waals surface area contributed by atoms with E-state index in [1.165, 1.54) is 12.2 Å². The molecule has 0 saturated heterocycles. The van der Waals surface area contributed by atoms with Gasteiger partial charge in [0.1, 0.15) is 0 Å². The summed E-state index contributed by atoms with van der Waals surface area (Å²) in [5, 5.41) is 14.4. The van der Waals surface area contributed by atoms with Crippen LogP contribution < -0.4 is 0 Å². The molecule has 1 aromatic carbocycles. The third kappa shape index (κ3) is 6.95. The van der Waals surface area contributed by atoms with E-state index in [4.69, 9.17) is 4.84 Å². The number of carbonyl (C=O) groups excluding carboxylic acids is 1. The highest BCUT2D eigenvalue weighted by atomic mass is 16.7. The lowest BCUT2D eigenvalue weighted by molar-refractivity contribution is -0.418. The molecule has 0 unspecified atom stereocenters. The molecule has 0 heterocycles. The first-order valence-corrected chi connectivity index (χ1v) is 7.90. The fraction of sp³-hybridized carbons (Fsp3) is 0.263. The van der Waals surface area contributed by atoms with Gasteiger partial charge in [0.2, 0.25) is 0 Å². The Morgan fingerprint density at radius 1 is 1.24 bits per heavy atom. The number of benzene rings is 1. The van der Waals surface area contributed by atoms with Gasteiger partial charge < -0.3 is 4.84 Å². The van der Waals surface area contributed by atoms with Crippen molar-refractivity contribution >= 4 is 17.3 Å². The van der Waals surface area contributed by atoms with E-state index in [1.54, 1.807) is 6.92 Å². The van der Waals surface area contributed by atoms with E-state index in [9.17, 15) is 14.9 Å². The number of allylic oxidation sites excluding steroid dienone is 3. The molecule has 0 bridgehead atoms. The predicted octanol–water partition coefficient (Wildman–Crippen LogP) is 4.50. The van der Waals surface area contributed by atoms with Crippen LogP contribution in [0.15, 0.2) is 60.4 Å². The van der Waals surface area contributed by atoms with Gasteiger partial charge in [-0.1, -0.05) is 49.3 Å². The summed E-state index contributed by atoms with van der Waals surface area (Å²) in [7, 11) is 0. The highest BCUT2D eigenvalue weighted by Crippen LogP contribution is 2.16. The zero-order valence-electron chi connectivity index (χ0n) is 14.5. The lowest BCUT2D eigenvalue weighted by Gasteiger charge is -2.04. The number of oxime groups is 1. The normalized spacial score (nSPS) is 11.4. The van der Waals surface area contributed by atoms with Crippen LogP contribution in [-0.2, 0) is 9.63 Å². The summed E-state index contributed by atoms with van der Waals surface area (Å²) >= 11 is 0. The molecule has 6 nitrogen and oxygen atoms in total. The van der Waals surface area contributed by atoms with Crippen molar-refractivity contribution in [2.24, 2.45) is 5.16 Å². The lowest BCUT2D eigenvalue weighted by atomic mass is 10.0. The minimum Gasteiger partial charge on any atom is -0.318 e. The molecule has 0 fully saturated rings. The molecule has 0 aliphatic heterocycles. The summed E-state index contributed by atoms with van der Waals surface area (Å²) in [4.78, 5) is 26.3. The highest BCUT2D eigenvalue weighted by molar-refractivity contribution is 5.99. The largest absolute Gasteiger partial charge is 0.335 e. The van der Waals surface area contributed by atoms with Gasteiger partial charge in [0, 0.05) is 12.5 Å². The fourth-order valence-corrected chi connectivity index (χ4v) is 1.82. The fourth-order valence-electron chi connectivity index (χ4n) is 1.82. The molecule has 0 aliphatic carbocycles. The predicted molar refractivity (Wildman–Crippen MR) is 98.6 cm³/mol. The van der Waals surface area contributed by atoms with E-state index < -0.39 is 4.92 Å². The molecule has 1 rings (SSSR count). The number of hydrogen-bond donors (Lipinski definition) is 0. The Labute approximate surface area is 147 Å². The molecule has 0 aliphatic rings. The SMILES string of the molecule is C=C(/C=C\C(=C)[N+](=O)[O-])c1ccc(/C(C)=N/OC(=O)CCCC)cc1. The van der Waals surface area contributed by atoms with E-state index in [1.807, 2.05) is 31.2 Å². The topological polar surface area (TPSA) is 81.8 Å². The van der Waals surface area contributed by atoms with Crippen LogP contribution in [0.5, 0.6) is 0 Å². The van der Waals surface area contributed by atoms with Crippen LogP contribution >= 0.6 is 0 Å². The average Bonchev–Trinajstić information content (AvgIpc) is 2.61. The van der Waals surface area contributed by atoms with Gasteiger partial charge in [-0.15, -0.1) is 0 Å². The number of carbonyl (C=O) groups is 1. The third-order valence-electron chi connectivity index (χ3n) is 3.40. The second-order valence-electron chi connectivity index (χ2n) is 5.43. The second kappa shape index (κ2) is 9.97. The average molecular weight is 342 g/mol. The summed E-state index contributed by atoms with van der Waals surface area (Å²) in [5.74, 6) is -0.345. The van der Waals surface area contributed by atoms with Gasteiger partial charge in [-0.05, 0) is 42.7 Å². The van der Waals surface area contributed by atoms with Crippen molar-refractivity contribution in [2.75, 3.05) is 0 Å². The van der Waals surface area contributed by atoms with Crippen molar-refractivity contribution in [1.82, 2.24) is 0 Å². The molecule has 0 aromatic heterocycles. The summed E-state index contributed by atoms with van der Waals surface area (Å²) < 4.78 is 0. The van der Waals surface area contributed by atoms with Gasteiger partial charge in [-0.2, -0.15) is 0 Å². The minimum atomic E-state index is -0.561. The maximum Gasteiger partial charge on any atom is 0.335 e. The van der Waals surface area contributed by atoms with Crippen molar-refractivity contribution < 1.29 is 14.6 Å². The molecule has 0 N–H and O–H groups in total. The van der Waals surface area contributed by atoms with Crippen LogP contribution in [0.1, 0.15) is 44.2 Å². The molecule has 0 radical (unpaired) electrons. The maximum atomic E-state index is 11.5. The monoisotopic (exact) mass is 342 g/mol. The molecule has 0 spiro atoms. The summed E-state index contributed by atoms with van der Waals surface area (Å²) in [5.41, 5.74) is 2.61. The van der Waals surface area contributed by atoms with Gasteiger partial charge >= 0.3 is 5.97 Å². The van der Waals surface area contributed by atoms with E-state index in [0.717, 1.165) is 24.0 Å². The Balaban J connectivity index is 2.72. The summed E-state index contributed by atoms with van der Waals surface area (Å²) in [6.07, 6.45) is 4.90. The molecule has 6 heteroatoms. The van der Waals surface area contributed by atoms with Crippen LogP contribution in [0, 0.1) is 10.1 Å². The first-order chi connectivity index (χ1) is 11.8. The van der Waals surface area contributed by atoms with Crippen molar-refractivity contribution in [3.63, 3.8) is 0 Å². The summed E-state index contributed by atoms with van der Waals surface area (Å²) in [6, 6.07) is 7.26. The van der Waals surface area contributed by atoms with Gasteiger partial charge in [0.05, 0.1) is 10.6 Å². The van der Waals surface area contributed by atoms with Crippen molar-refractivity contribution in [1.29, 1.82) is 0 Å². The Morgan fingerprint density at radius 2 is 1.84 bits per heavy atom. The second-order valence-corrected chi connectivity index (χ2v) is 5.43. The standard InChI is InChI=1S/C19H22N2O4/c1-5-6-7-19(22)25-20-16(4)18-12-10-17(11-13-18)14(2)8-9-15(3)21(23)24/h8-13H,2-3,5-7H2,1,4H3/b9-8-,20-16+. The number of unbranched alkanes of at least 4 members (excludes halogenated alkanes) is 1. The van der Waals surface area contributed by atoms with Crippen LogP contribution in [0.25, 0.3) is 5.57 Å². The van der Waals surface area contributed by atoms with Crippen molar-refractivity contribution in [3.05, 3.63) is 76.5 Å². The highest BCUT2D eigenvalue weighted by Gasteiger charge is 2.05. The van der Waals surface area contributed by atoms with E-state index >= 15 is 0 Å². The summed E-state index contributed by atoms with van der Waals surface area (Å²) in [6.45, 7) is 10.9. The minimum absolute atomic E-state index is 0.203. The molecular formula is C19H22N2O4. The molecular weight excluding hydrogens is 320 g/mol.